The van der Waals surface area contributed by atoms with Gasteiger partial charge in [0.15, 0.2) is 0 Å². The zero-order chi connectivity index (χ0) is 24.9. The van der Waals surface area contributed by atoms with Gasteiger partial charge in [-0.2, -0.15) is 0 Å². The van der Waals surface area contributed by atoms with Crippen LogP contribution in [0.15, 0.2) is 60.7 Å². The summed E-state index contributed by atoms with van der Waals surface area (Å²) in [5.74, 6) is -1.85. The summed E-state index contributed by atoms with van der Waals surface area (Å²) >= 11 is 0. The molecule has 1 amide bonds. The minimum absolute atomic E-state index is 0.0676. The molecule has 1 heterocycles. The van der Waals surface area contributed by atoms with Crippen LogP contribution in [0, 0.1) is 19.7 Å². The van der Waals surface area contributed by atoms with Crippen LogP contribution in [0.3, 0.4) is 0 Å². The van der Waals surface area contributed by atoms with Gasteiger partial charge in [0.1, 0.15) is 5.82 Å². The number of fused-ring (bicyclic) bond motifs is 1. The highest BCUT2D eigenvalue weighted by molar-refractivity contribution is 5.98. The van der Waals surface area contributed by atoms with Crippen LogP contribution in [-0.2, 0) is 22.7 Å². The summed E-state index contributed by atoms with van der Waals surface area (Å²) in [4.78, 5) is 25.9. The van der Waals surface area contributed by atoms with Gasteiger partial charge < -0.3 is 20.6 Å². The van der Waals surface area contributed by atoms with Crippen LogP contribution in [0.5, 0.6) is 0 Å². The van der Waals surface area contributed by atoms with Crippen LogP contribution in [0.25, 0.3) is 0 Å². The van der Waals surface area contributed by atoms with Crippen LogP contribution in [0.4, 0.5) is 15.8 Å². The van der Waals surface area contributed by atoms with Gasteiger partial charge in [0.25, 0.3) is 0 Å². The molecule has 182 valence electrons. The molecule has 7 heteroatoms. The molecule has 0 saturated carbocycles. The first kappa shape index (κ1) is 24.4. The van der Waals surface area contributed by atoms with E-state index in [0.717, 1.165) is 16.8 Å². The molecule has 3 aromatic carbocycles. The van der Waals surface area contributed by atoms with Gasteiger partial charge in [-0.05, 0) is 72.0 Å². The highest BCUT2D eigenvalue weighted by Crippen LogP contribution is 2.38. The Morgan fingerprint density at radius 2 is 1.74 bits per heavy atom. The maximum atomic E-state index is 14.1. The van der Waals surface area contributed by atoms with Crippen molar-refractivity contribution < 1.29 is 19.1 Å². The smallest absolute Gasteiger partial charge is 0.304 e. The summed E-state index contributed by atoms with van der Waals surface area (Å²) in [6.07, 6.45) is 0.0676. The van der Waals surface area contributed by atoms with E-state index in [1.54, 1.807) is 6.07 Å². The number of aliphatic carboxylic acids is 1. The van der Waals surface area contributed by atoms with Gasteiger partial charge in [-0.25, -0.2) is 4.39 Å². The molecule has 3 N–H and O–H groups in total. The number of amides is 1. The van der Waals surface area contributed by atoms with Crippen molar-refractivity contribution in [2.24, 2.45) is 0 Å². The van der Waals surface area contributed by atoms with Gasteiger partial charge in [0.05, 0.1) is 12.3 Å². The predicted octanol–water partition coefficient (Wildman–Crippen LogP) is 4.75. The van der Waals surface area contributed by atoms with Crippen molar-refractivity contribution in [1.29, 1.82) is 0 Å². The summed E-state index contributed by atoms with van der Waals surface area (Å²) in [6, 6.07) is 18.4. The molecule has 0 aliphatic carbocycles. The van der Waals surface area contributed by atoms with Gasteiger partial charge in [-0.1, -0.05) is 30.3 Å². The molecule has 0 saturated heterocycles. The van der Waals surface area contributed by atoms with E-state index in [-0.39, 0.29) is 18.1 Å². The molecular weight excluding hydrogens is 445 g/mol. The summed E-state index contributed by atoms with van der Waals surface area (Å²) in [5.41, 5.74) is 6.83. The Hall–Kier alpha value is -3.71. The minimum atomic E-state index is -0.837. The Kier molecular flexibility index (Phi) is 7.46. The molecule has 1 unspecified atom stereocenters. The van der Waals surface area contributed by atoms with E-state index in [4.69, 9.17) is 5.11 Å². The van der Waals surface area contributed by atoms with Crippen molar-refractivity contribution in [3.8, 4) is 0 Å². The van der Waals surface area contributed by atoms with Crippen molar-refractivity contribution in [2.45, 2.75) is 39.3 Å². The van der Waals surface area contributed by atoms with Crippen molar-refractivity contribution in [2.75, 3.05) is 23.3 Å². The number of rotatable bonds is 9. The lowest BCUT2D eigenvalue weighted by Crippen LogP contribution is -2.27. The van der Waals surface area contributed by atoms with Crippen LogP contribution in [0.1, 0.15) is 40.2 Å². The van der Waals surface area contributed by atoms with E-state index in [0.29, 0.717) is 37.4 Å². The Morgan fingerprint density at radius 3 is 2.46 bits per heavy atom. The number of carboxylic acids is 1. The van der Waals surface area contributed by atoms with E-state index in [1.165, 1.54) is 23.3 Å². The lowest BCUT2D eigenvalue weighted by Gasteiger charge is -2.20. The lowest BCUT2D eigenvalue weighted by atomic mass is 10.00. The molecule has 0 aromatic heterocycles. The second-order valence-electron chi connectivity index (χ2n) is 9.06. The first-order chi connectivity index (χ1) is 16.8. The molecule has 1 aliphatic rings. The summed E-state index contributed by atoms with van der Waals surface area (Å²) in [5, 5.41) is 14.7. The van der Waals surface area contributed by atoms with E-state index >= 15 is 0 Å². The van der Waals surface area contributed by atoms with E-state index < -0.39 is 11.9 Å². The monoisotopic (exact) mass is 475 g/mol. The van der Waals surface area contributed by atoms with Gasteiger partial charge in [-0.3, -0.25) is 9.59 Å². The van der Waals surface area contributed by atoms with Crippen LogP contribution < -0.4 is 15.5 Å². The molecule has 4 rings (SSSR count). The highest BCUT2D eigenvalue weighted by Gasteiger charge is 2.34. The van der Waals surface area contributed by atoms with Crippen LogP contribution in [0.2, 0.25) is 0 Å². The van der Waals surface area contributed by atoms with Crippen molar-refractivity contribution >= 4 is 23.3 Å². The van der Waals surface area contributed by atoms with Gasteiger partial charge in [-0.15, -0.1) is 0 Å². The number of halogens is 1. The lowest BCUT2D eigenvalue weighted by molar-refractivity contribution is -0.136. The van der Waals surface area contributed by atoms with Crippen molar-refractivity contribution in [3.05, 3.63) is 94.3 Å². The maximum Gasteiger partial charge on any atom is 0.304 e. The SMILES string of the molecule is Cc1ccc(CN2CC(C(=O)Nc3ccc(CNCCC(=O)O)cc3)c3cc(F)ccc32)cc1C. The third-order valence-electron chi connectivity index (χ3n) is 6.44. The normalized spacial score (nSPS) is 14.6. The Labute approximate surface area is 204 Å². The molecule has 0 spiro atoms. The molecule has 35 heavy (non-hydrogen) atoms. The molecule has 1 aliphatic heterocycles. The van der Waals surface area contributed by atoms with Crippen molar-refractivity contribution in [1.82, 2.24) is 5.32 Å². The average Bonchev–Trinajstić information content (AvgIpc) is 3.17. The zero-order valence-corrected chi connectivity index (χ0v) is 20.0. The Morgan fingerprint density at radius 1 is 1.00 bits per heavy atom. The number of carbonyl (C=O) groups is 2. The Balaban J connectivity index is 1.43. The van der Waals surface area contributed by atoms with Crippen LogP contribution in [-0.4, -0.2) is 30.1 Å². The average molecular weight is 476 g/mol. The second-order valence-corrected chi connectivity index (χ2v) is 9.06. The largest absolute Gasteiger partial charge is 0.481 e. The predicted molar refractivity (Wildman–Crippen MR) is 135 cm³/mol. The minimum Gasteiger partial charge on any atom is -0.481 e. The summed E-state index contributed by atoms with van der Waals surface area (Å²) < 4.78 is 14.1. The quantitative estimate of drug-likeness (QED) is 0.389. The topological polar surface area (TPSA) is 81.7 Å². The molecular formula is C28H30FN3O3. The summed E-state index contributed by atoms with van der Waals surface area (Å²) in [6.45, 7) is 6.22. The second kappa shape index (κ2) is 10.7. The fourth-order valence-corrected chi connectivity index (χ4v) is 4.37. The first-order valence-corrected chi connectivity index (χ1v) is 11.7. The van der Waals surface area contributed by atoms with Gasteiger partial charge >= 0.3 is 5.97 Å². The van der Waals surface area contributed by atoms with Crippen molar-refractivity contribution in [3.63, 3.8) is 0 Å². The maximum absolute atomic E-state index is 14.1. The first-order valence-electron chi connectivity index (χ1n) is 11.7. The van der Waals surface area contributed by atoms with Crippen LogP contribution >= 0.6 is 0 Å². The number of benzene rings is 3. The van der Waals surface area contributed by atoms with E-state index in [9.17, 15) is 14.0 Å². The number of nitrogens with one attached hydrogen (secondary N) is 2. The zero-order valence-electron chi connectivity index (χ0n) is 20.0. The number of aryl methyl sites for hydroxylation is 2. The number of hydrogen-bond donors (Lipinski definition) is 3. The number of hydrogen-bond acceptors (Lipinski definition) is 4. The Bertz CT molecular complexity index is 1230. The molecule has 3 aromatic rings. The summed E-state index contributed by atoms with van der Waals surface area (Å²) in [7, 11) is 0. The van der Waals surface area contributed by atoms with E-state index in [1.807, 2.05) is 24.3 Å². The highest BCUT2D eigenvalue weighted by atomic mass is 19.1. The fraction of sp³-hybridized carbons (Fsp3) is 0.286. The third-order valence-corrected chi connectivity index (χ3v) is 6.44. The fourth-order valence-electron chi connectivity index (χ4n) is 4.37. The number of anilines is 2. The molecule has 0 bridgehead atoms. The molecule has 0 fully saturated rings. The third kappa shape index (κ3) is 6.05. The number of carbonyl (C=O) groups excluding carboxylic acids is 1. The van der Waals surface area contributed by atoms with Gasteiger partial charge in [0.2, 0.25) is 5.91 Å². The van der Waals surface area contributed by atoms with E-state index in [2.05, 4.69) is 47.6 Å². The number of carboxylic acid groups (broad SMARTS) is 1. The molecule has 0 radical (unpaired) electrons. The molecule has 6 nitrogen and oxygen atoms in total. The molecule has 1 atom stereocenters. The standard InChI is InChI=1S/C28H30FN3O3/c1-18-3-4-21(13-19(18)2)16-32-17-25(24-14-22(29)7-10-26(24)32)28(35)31-23-8-5-20(6-9-23)15-30-12-11-27(33)34/h3-10,13-14,25,30H,11-12,15-17H2,1-2H3,(H,31,35)(H,33,34). The number of nitrogens with zero attached hydrogens (tertiary/aromatic N) is 1. The van der Waals surface area contributed by atoms with Gasteiger partial charge in [0, 0.05) is 37.6 Å².